The van der Waals surface area contributed by atoms with Crippen LogP contribution < -0.4 is 14.8 Å². The Hall–Kier alpha value is -3.06. The Morgan fingerprint density at radius 3 is 2.74 bits per heavy atom. The first kappa shape index (κ1) is 28.2. The number of hydrogen-bond acceptors (Lipinski definition) is 10. The highest BCUT2D eigenvalue weighted by molar-refractivity contribution is 5.98. The van der Waals surface area contributed by atoms with E-state index in [1.165, 1.54) is 26.3 Å². The molecule has 0 radical (unpaired) electrons. The van der Waals surface area contributed by atoms with Crippen LogP contribution in [0.3, 0.4) is 0 Å². The van der Waals surface area contributed by atoms with E-state index in [-0.39, 0.29) is 37.0 Å². The van der Waals surface area contributed by atoms with Crippen LogP contribution in [0, 0.1) is 0 Å². The average Bonchev–Trinajstić information content (AvgIpc) is 2.83. The van der Waals surface area contributed by atoms with Gasteiger partial charge in [0.1, 0.15) is 6.10 Å². The summed E-state index contributed by atoms with van der Waals surface area (Å²) in [4.78, 5) is 40.6. The van der Waals surface area contributed by atoms with Crippen LogP contribution in [0.25, 0.3) is 0 Å². The van der Waals surface area contributed by atoms with Crippen molar-refractivity contribution < 1.29 is 51.6 Å². The van der Waals surface area contributed by atoms with E-state index >= 15 is 0 Å². The second-order valence-electron chi connectivity index (χ2n) is 7.85. The third kappa shape index (κ3) is 9.25. The molecule has 0 aliphatic carbocycles. The molecule has 0 unspecified atom stereocenters. The summed E-state index contributed by atoms with van der Waals surface area (Å²) >= 11 is 0. The molecule has 1 saturated heterocycles. The number of amides is 1. The summed E-state index contributed by atoms with van der Waals surface area (Å²) in [6.07, 6.45) is -0.299. The smallest absolute Gasteiger partial charge is 0.331 e. The third-order valence-electron chi connectivity index (χ3n) is 4.89. The fraction of sp³-hybridized carbons (Fsp3) is 0.636. The zero-order chi connectivity index (χ0) is 26.0. The highest BCUT2D eigenvalue weighted by Gasteiger charge is 2.32. The molecule has 1 aliphatic rings. The molecule has 1 N–H and O–H groups in total. The first-order valence-electron chi connectivity index (χ1n) is 10.9. The van der Waals surface area contributed by atoms with Crippen LogP contribution in [-0.2, 0) is 28.5 Å². The lowest BCUT2D eigenvalue weighted by molar-refractivity contribution is -0.159. The van der Waals surface area contributed by atoms with Crippen molar-refractivity contribution in [2.45, 2.75) is 57.8 Å². The number of ether oxygens (including phenoxy) is 6. The Kier molecular flexibility index (Phi) is 10.6. The van der Waals surface area contributed by atoms with Crippen molar-refractivity contribution >= 4 is 17.8 Å². The van der Waals surface area contributed by atoms with Gasteiger partial charge in [0, 0.05) is 38.6 Å². The largest absolute Gasteiger partial charge is 0.493 e. The first-order valence-corrected chi connectivity index (χ1v) is 10.9. The maximum Gasteiger partial charge on any atom is 0.331 e. The topological polar surface area (TPSA) is 132 Å². The van der Waals surface area contributed by atoms with E-state index in [0.29, 0.717) is 6.42 Å². The molecule has 11 nitrogen and oxygen atoms in total. The van der Waals surface area contributed by atoms with E-state index in [1.807, 2.05) is 0 Å². The predicted octanol–water partition coefficient (Wildman–Crippen LogP) is 1.87. The van der Waals surface area contributed by atoms with Crippen molar-refractivity contribution in [2.24, 2.45) is 0 Å². The van der Waals surface area contributed by atoms with Gasteiger partial charge in [-0.25, -0.2) is 18.6 Å². The zero-order valence-corrected chi connectivity index (χ0v) is 20.0. The zero-order valence-electron chi connectivity index (χ0n) is 20.0. The average molecular weight is 504 g/mol. The predicted molar refractivity (Wildman–Crippen MR) is 115 cm³/mol. The Labute approximate surface area is 201 Å². The van der Waals surface area contributed by atoms with Gasteiger partial charge in [-0.1, -0.05) is 0 Å². The standard InChI is InChI=1S/C22H30F2N2O9/c1-13-16(32-10-7-22(3,23)24)6-9-31-11-15(21(29)35-13)26-20(28)18-19(34-12-33-14(2)27)17(30-4)5-8-25-18/h5,8,13,15-16H,6-7,9-12H2,1-4H3,(H,26,28)/t13-,15-,16+/m0/s1. The molecule has 1 amide bonds. The molecule has 1 aromatic rings. The second kappa shape index (κ2) is 13.1. The van der Waals surface area contributed by atoms with Crippen molar-refractivity contribution in [1.82, 2.24) is 10.3 Å². The molecule has 13 heteroatoms. The minimum Gasteiger partial charge on any atom is -0.493 e. The van der Waals surface area contributed by atoms with Crippen molar-refractivity contribution in [3.05, 3.63) is 18.0 Å². The van der Waals surface area contributed by atoms with Crippen LogP contribution >= 0.6 is 0 Å². The molecule has 0 spiro atoms. The molecule has 1 fully saturated rings. The van der Waals surface area contributed by atoms with Gasteiger partial charge in [-0.3, -0.25) is 9.59 Å². The van der Waals surface area contributed by atoms with Gasteiger partial charge in [0.2, 0.25) is 12.7 Å². The van der Waals surface area contributed by atoms with Crippen molar-refractivity contribution in [2.75, 3.05) is 33.7 Å². The number of carbonyl (C=O) groups is 3. The number of methoxy groups -OCH3 is 1. The highest BCUT2D eigenvalue weighted by Crippen LogP contribution is 2.29. The molecule has 1 aromatic heterocycles. The van der Waals surface area contributed by atoms with Crippen LogP contribution in [0.2, 0.25) is 0 Å². The Morgan fingerprint density at radius 1 is 1.34 bits per heavy atom. The summed E-state index contributed by atoms with van der Waals surface area (Å²) in [5.41, 5.74) is -0.223. The molecular weight excluding hydrogens is 474 g/mol. The fourth-order valence-electron chi connectivity index (χ4n) is 3.04. The van der Waals surface area contributed by atoms with Gasteiger partial charge in [0.05, 0.1) is 26.4 Å². The molecule has 35 heavy (non-hydrogen) atoms. The van der Waals surface area contributed by atoms with Crippen LogP contribution in [-0.4, -0.2) is 80.7 Å². The number of aromatic nitrogens is 1. The summed E-state index contributed by atoms with van der Waals surface area (Å²) < 4.78 is 57.8. The summed E-state index contributed by atoms with van der Waals surface area (Å²) in [6.45, 7) is 2.79. The van der Waals surface area contributed by atoms with Gasteiger partial charge in [0.15, 0.2) is 23.2 Å². The number of halogens is 2. The number of nitrogens with one attached hydrogen (secondary N) is 1. The van der Waals surface area contributed by atoms with Crippen molar-refractivity contribution in [1.29, 1.82) is 0 Å². The van der Waals surface area contributed by atoms with Gasteiger partial charge in [0.25, 0.3) is 5.91 Å². The molecule has 0 aromatic carbocycles. The molecule has 0 saturated carbocycles. The minimum atomic E-state index is -2.88. The lowest BCUT2D eigenvalue weighted by Gasteiger charge is -2.25. The van der Waals surface area contributed by atoms with Crippen molar-refractivity contribution in [3.8, 4) is 11.5 Å². The number of cyclic esters (lactones) is 1. The van der Waals surface area contributed by atoms with Crippen LogP contribution in [0.15, 0.2) is 12.3 Å². The molecule has 196 valence electrons. The molecule has 2 heterocycles. The first-order chi connectivity index (χ1) is 16.5. The third-order valence-corrected chi connectivity index (χ3v) is 4.89. The summed E-state index contributed by atoms with van der Waals surface area (Å²) in [5, 5.41) is 2.49. The number of carbonyl (C=O) groups excluding carboxylic acids is 3. The summed E-state index contributed by atoms with van der Waals surface area (Å²) in [6, 6.07) is 0.242. The second-order valence-corrected chi connectivity index (χ2v) is 7.85. The van der Waals surface area contributed by atoms with E-state index in [0.717, 1.165) is 6.92 Å². The SMILES string of the molecule is COc1ccnc(C(=O)N[C@H]2COCC[C@@H](OCCC(C)(F)F)[C@H](C)OC2=O)c1OCOC(C)=O. The highest BCUT2D eigenvalue weighted by atomic mass is 19.3. The summed E-state index contributed by atoms with van der Waals surface area (Å²) in [5.74, 6) is -5.01. The number of rotatable bonds is 10. The number of nitrogens with zero attached hydrogens (tertiary/aromatic N) is 1. The van der Waals surface area contributed by atoms with Crippen molar-refractivity contribution in [3.63, 3.8) is 0 Å². The van der Waals surface area contributed by atoms with E-state index in [2.05, 4.69) is 10.3 Å². The van der Waals surface area contributed by atoms with Gasteiger partial charge in [-0.05, 0) is 13.8 Å². The normalized spacial score (nSPS) is 21.1. The minimum absolute atomic E-state index is 0.0966. The maximum atomic E-state index is 13.1. The number of hydrogen-bond donors (Lipinski definition) is 1. The maximum absolute atomic E-state index is 13.1. The van der Waals surface area contributed by atoms with E-state index in [9.17, 15) is 23.2 Å². The summed E-state index contributed by atoms with van der Waals surface area (Å²) in [7, 11) is 1.35. The number of esters is 2. The molecule has 2 rings (SSSR count). The lowest BCUT2D eigenvalue weighted by atomic mass is 10.1. The monoisotopic (exact) mass is 504 g/mol. The van der Waals surface area contributed by atoms with E-state index < -0.39 is 55.2 Å². The van der Waals surface area contributed by atoms with E-state index in [1.54, 1.807) is 6.92 Å². The number of pyridine rings is 1. The van der Waals surface area contributed by atoms with Crippen LogP contribution in [0.1, 0.15) is 44.1 Å². The van der Waals surface area contributed by atoms with E-state index in [4.69, 9.17) is 28.4 Å². The fourth-order valence-corrected chi connectivity index (χ4v) is 3.04. The molecule has 0 bridgehead atoms. The molecule has 3 atom stereocenters. The number of alkyl halides is 2. The molecular formula is C22H30F2N2O9. The van der Waals surface area contributed by atoms with Gasteiger partial charge >= 0.3 is 11.9 Å². The Bertz CT molecular complexity index is 879. The Balaban J connectivity index is 2.08. The quantitative estimate of drug-likeness (QED) is 0.372. The molecule has 1 aliphatic heterocycles. The van der Waals surface area contributed by atoms with Gasteiger partial charge < -0.3 is 33.7 Å². The van der Waals surface area contributed by atoms with Crippen LogP contribution in [0.5, 0.6) is 11.5 Å². The van der Waals surface area contributed by atoms with Crippen LogP contribution in [0.4, 0.5) is 8.78 Å². The lowest BCUT2D eigenvalue weighted by Crippen LogP contribution is -2.46. The van der Waals surface area contributed by atoms with Gasteiger partial charge in [-0.2, -0.15) is 0 Å². The Morgan fingerprint density at radius 2 is 2.09 bits per heavy atom. The van der Waals surface area contributed by atoms with Gasteiger partial charge in [-0.15, -0.1) is 0 Å².